The molecule has 0 saturated carbocycles. The van der Waals surface area contributed by atoms with Crippen molar-refractivity contribution in [2.24, 2.45) is 0 Å². The van der Waals surface area contributed by atoms with Gasteiger partial charge in [-0.15, -0.1) is 13.2 Å². The second kappa shape index (κ2) is 7.49. The van der Waals surface area contributed by atoms with Gasteiger partial charge in [-0.2, -0.15) is 4.72 Å². The molecule has 0 radical (unpaired) electrons. The molecular weight excluding hydrogens is 381 g/mol. The van der Waals surface area contributed by atoms with Crippen LogP contribution in [0.5, 0.6) is 5.75 Å². The van der Waals surface area contributed by atoms with Crippen LogP contribution >= 0.6 is 0 Å². The molecule has 5 nitrogen and oxygen atoms in total. The van der Waals surface area contributed by atoms with Gasteiger partial charge in [-0.05, 0) is 49.2 Å². The summed E-state index contributed by atoms with van der Waals surface area (Å²) in [5, 5.41) is 3.21. The summed E-state index contributed by atoms with van der Waals surface area (Å²) in [4.78, 5) is -0.127. The molecule has 0 spiro atoms. The predicted molar refractivity (Wildman–Crippen MR) is 93.7 cm³/mol. The lowest BCUT2D eigenvalue weighted by molar-refractivity contribution is -0.274. The lowest BCUT2D eigenvalue weighted by atomic mass is 9.84. The molecule has 1 aliphatic heterocycles. The van der Waals surface area contributed by atoms with Crippen LogP contribution in [0.4, 0.5) is 13.2 Å². The number of piperidine rings is 1. The van der Waals surface area contributed by atoms with Crippen LogP contribution in [0.25, 0.3) is 0 Å². The summed E-state index contributed by atoms with van der Waals surface area (Å²) in [6.07, 6.45) is -3.43. The highest BCUT2D eigenvalue weighted by Crippen LogP contribution is 2.31. The van der Waals surface area contributed by atoms with E-state index in [1.165, 1.54) is 0 Å². The smallest absolute Gasteiger partial charge is 0.406 e. The molecule has 1 unspecified atom stereocenters. The molecule has 146 valence electrons. The molecule has 0 amide bonds. The van der Waals surface area contributed by atoms with Crippen LogP contribution in [0.1, 0.15) is 18.4 Å². The topological polar surface area (TPSA) is 67.4 Å². The molecule has 3 rings (SSSR count). The number of alkyl halides is 3. The molecule has 9 heteroatoms. The van der Waals surface area contributed by atoms with Crippen LogP contribution in [0.3, 0.4) is 0 Å². The predicted octanol–water partition coefficient (Wildman–Crippen LogP) is 3.14. The Bertz CT molecular complexity index is 863. The number of nitrogens with one attached hydrogen (secondary N) is 2. The largest absolute Gasteiger partial charge is 0.573 e. The molecule has 0 aliphatic carbocycles. The maximum atomic E-state index is 12.9. The lowest BCUT2D eigenvalue weighted by Crippen LogP contribution is -2.55. The zero-order valence-electron chi connectivity index (χ0n) is 14.3. The van der Waals surface area contributed by atoms with Crippen LogP contribution in [-0.2, 0) is 15.6 Å². The van der Waals surface area contributed by atoms with Crippen molar-refractivity contribution in [2.75, 3.05) is 13.1 Å². The molecule has 0 bridgehead atoms. The maximum Gasteiger partial charge on any atom is 0.573 e. The second-order valence-corrected chi connectivity index (χ2v) is 8.04. The molecule has 1 saturated heterocycles. The summed E-state index contributed by atoms with van der Waals surface area (Å²) < 4.78 is 69.1. The van der Waals surface area contributed by atoms with Crippen LogP contribution in [-0.4, -0.2) is 27.9 Å². The van der Waals surface area contributed by atoms with Gasteiger partial charge in [0, 0.05) is 6.54 Å². The molecule has 2 aromatic rings. The van der Waals surface area contributed by atoms with Crippen molar-refractivity contribution in [3.63, 3.8) is 0 Å². The quantitative estimate of drug-likeness (QED) is 0.809. The Hall–Kier alpha value is -2.10. The normalized spacial score (nSPS) is 21.0. The van der Waals surface area contributed by atoms with Gasteiger partial charge < -0.3 is 10.1 Å². The number of halogens is 3. The zero-order valence-corrected chi connectivity index (χ0v) is 15.1. The Balaban J connectivity index is 1.87. The first kappa shape index (κ1) is 19.7. The summed E-state index contributed by atoms with van der Waals surface area (Å²) in [7, 11) is -3.95. The van der Waals surface area contributed by atoms with E-state index in [4.69, 9.17) is 0 Å². The van der Waals surface area contributed by atoms with Gasteiger partial charge in [0.15, 0.2) is 0 Å². The fourth-order valence-corrected chi connectivity index (χ4v) is 4.61. The van der Waals surface area contributed by atoms with Crippen LogP contribution < -0.4 is 14.8 Å². The van der Waals surface area contributed by atoms with Gasteiger partial charge in [-0.3, -0.25) is 0 Å². The highest BCUT2D eigenvalue weighted by atomic mass is 32.2. The molecular formula is C18H19F3N2O3S. The molecule has 27 heavy (non-hydrogen) atoms. The lowest BCUT2D eigenvalue weighted by Gasteiger charge is -2.38. The fourth-order valence-electron chi connectivity index (χ4n) is 3.19. The van der Waals surface area contributed by atoms with E-state index in [1.807, 2.05) is 30.3 Å². The van der Waals surface area contributed by atoms with Gasteiger partial charge in [-0.25, -0.2) is 8.42 Å². The van der Waals surface area contributed by atoms with E-state index < -0.39 is 27.7 Å². The monoisotopic (exact) mass is 400 g/mol. The van der Waals surface area contributed by atoms with E-state index in [0.717, 1.165) is 42.8 Å². The molecule has 1 fully saturated rings. The van der Waals surface area contributed by atoms with Crippen LogP contribution in [0.2, 0.25) is 0 Å². The minimum Gasteiger partial charge on any atom is -0.406 e. The zero-order chi connectivity index (χ0) is 19.5. The van der Waals surface area contributed by atoms with Gasteiger partial charge >= 0.3 is 6.36 Å². The average Bonchev–Trinajstić information content (AvgIpc) is 2.62. The van der Waals surface area contributed by atoms with Crippen molar-refractivity contribution in [3.05, 3.63) is 60.2 Å². The van der Waals surface area contributed by atoms with Crippen LogP contribution in [0, 0.1) is 0 Å². The van der Waals surface area contributed by atoms with Crippen molar-refractivity contribution in [1.82, 2.24) is 10.0 Å². The minimum absolute atomic E-state index is 0.127. The summed E-state index contributed by atoms with van der Waals surface area (Å²) in [5.74, 6) is -0.474. The van der Waals surface area contributed by atoms with Gasteiger partial charge in [0.05, 0.1) is 10.4 Å². The minimum atomic E-state index is -4.83. The number of ether oxygens (including phenoxy) is 1. The highest BCUT2D eigenvalue weighted by Gasteiger charge is 2.38. The number of hydrogen-bond acceptors (Lipinski definition) is 4. The molecule has 1 atom stereocenters. The van der Waals surface area contributed by atoms with Gasteiger partial charge in [0.2, 0.25) is 10.0 Å². The number of benzene rings is 2. The third-order valence-electron chi connectivity index (χ3n) is 4.41. The third kappa shape index (κ3) is 4.79. The van der Waals surface area contributed by atoms with Crippen molar-refractivity contribution < 1.29 is 26.3 Å². The molecule has 2 aromatic carbocycles. The number of sulfonamides is 1. The molecule has 2 N–H and O–H groups in total. The van der Waals surface area contributed by atoms with Gasteiger partial charge in [-0.1, -0.05) is 30.3 Å². The third-order valence-corrected chi connectivity index (χ3v) is 5.96. The molecule has 1 heterocycles. The second-order valence-electron chi connectivity index (χ2n) is 6.35. The van der Waals surface area contributed by atoms with Crippen LogP contribution in [0.15, 0.2) is 59.5 Å². The van der Waals surface area contributed by atoms with E-state index in [2.05, 4.69) is 14.8 Å². The summed E-state index contributed by atoms with van der Waals surface area (Å²) in [6.45, 7) is 1.21. The summed E-state index contributed by atoms with van der Waals surface area (Å²) in [6, 6.07) is 13.4. The van der Waals surface area contributed by atoms with Crippen molar-refractivity contribution in [1.29, 1.82) is 0 Å². The summed E-state index contributed by atoms with van der Waals surface area (Å²) in [5.41, 5.74) is 0.0113. The Kier molecular flexibility index (Phi) is 5.45. The fraction of sp³-hybridized carbons (Fsp3) is 0.333. The first-order chi connectivity index (χ1) is 12.7. The van der Waals surface area contributed by atoms with Gasteiger partial charge in [0.1, 0.15) is 5.75 Å². The highest BCUT2D eigenvalue weighted by molar-refractivity contribution is 7.89. The maximum absolute atomic E-state index is 12.9. The van der Waals surface area contributed by atoms with E-state index in [-0.39, 0.29) is 4.90 Å². The first-order valence-corrected chi connectivity index (χ1v) is 9.85. The van der Waals surface area contributed by atoms with Gasteiger partial charge in [0.25, 0.3) is 0 Å². The Morgan fingerprint density at radius 3 is 2.26 bits per heavy atom. The van der Waals surface area contributed by atoms with Crippen molar-refractivity contribution >= 4 is 10.0 Å². The molecule has 1 aliphatic rings. The number of rotatable bonds is 5. The Morgan fingerprint density at radius 2 is 1.70 bits per heavy atom. The first-order valence-electron chi connectivity index (χ1n) is 8.36. The van der Waals surface area contributed by atoms with E-state index in [0.29, 0.717) is 13.0 Å². The number of hydrogen-bond donors (Lipinski definition) is 2. The Labute approximate surface area is 155 Å². The molecule has 0 aromatic heterocycles. The van der Waals surface area contributed by atoms with E-state index in [9.17, 15) is 21.6 Å². The standard InChI is InChI=1S/C18H19F3N2O3S/c19-18(20,21)26-15-7-9-16(10-8-15)27(24,25)23-17(11-4-12-22-13-17)14-5-2-1-3-6-14/h1-3,5-10,22-23H,4,11-13H2. The average molecular weight is 400 g/mol. The Morgan fingerprint density at radius 1 is 1.04 bits per heavy atom. The SMILES string of the molecule is O=S(=O)(NC1(c2ccccc2)CCCNC1)c1ccc(OC(F)(F)F)cc1. The van der Waals surface area contributed by atoms with E-state index >= 15 is 0 Å². The summed E-state index contributed by atoms with van der Waals surface area (Å²) >= 11 is 0. The van der Waals surface area contributed by atoms with E-state index in [1.54, 1.807) is 0 Å². The van der Waals surface area contributed by atoms with Crippen molar-refractivity contribution in [2.45, 2.75) is 29.6 Å². The van der Waals surface area contributed by atoms with Crippen molar-refractivity contribution in [3.8, 4) is 5.75 Å².